The fourth-order valence-corrected chi connectivity index (χ4v) is 3.56. The molecule has 0 N–H and O–H groups in total. The van der Waals surface area contributed by atoms with E-state index in [2.05, 4.69) is 32.1 Å². The molecule has 30 heavy (non-hydrogen) atoms. The quantitative estimate of drug-likeness (QED) is 0.429. The minimum Gasteiger partial charge on any atom is -0.497 e. The Hall–Kier alpha value is -3.90. The van der Waals surface area contributed by atoms with Crippen LogP contribution in [0.3, 0.4) is 0 Å². The summed E-state index contributed by atoms with van der Waals surface area (Å²) in [6, 6.07) is 7.75. The number of benzene rings is 1. The third kappa shape index (κ3) is 2.94. The van der Waals surface area contributed by atoms with Gasteiger partial charge in [0, 0.05) is 25.9 Å². The van der Waals surface area contributed by atoms with E-state index in [0.29, 0.717) is 24.5 Å². The number of ether oxygens (including phenoxy) is 2. The predicted octanol–water partition coefficient (Wildman–Crippen LogP) is 1.78. The normalized spacial score (nSPS) is 11.7. The van der Waals surface area contributed by atoms with Crippen LogP contribution in [0.1, 0.15) is 22.9 Å². The minimum atomic E-state index is 0.357. The van der Waals surface area contributed by atoms with Crippen LogP contribution in [-0.2, 0) is 24.9 Å². The van der Waals surface area contributed by atoms with Crippen LogP contribution in [0, 0.1) is 11.8 Å². The van der Waals surface area contributed by atoms with E-state index in [1.165, 1.54) is 0 Å². The van der Waals surface area contributed by atoms with E-state index in [-0.39, 0.29) is 0 Å². The fourth-order valence-electron chi connectivity index (χ4n) is 3.56. The van der Waals surface area contributed by atoms with Crippen molar-refractivity contribution in [3.8, 4) is 34.7 Å². The van der Waals surface area contributed by atoms with Crippen LogP contribution in [0.5, 0.6) is 5.75 Å². The molecule has 9 nitrogen and oxygen atoms in total. The molecular formula is C21H19N7O2. The van der Waals surface area contributed by atoms with E-state index in [1.54, 1.807) is 25.2 Å². The Morgan fingerprint density at radius 1 is 1.13 bits per heavy atom. The monoisotopic (exact) mass is 401 g/mol. The Labute approximate surface area is 172 Å². The fraction of sp³-hybridized carbons (Fsp3) is 0.238. The maximum Gasteiger partial charge on any atom is 0.166 e. The van der Waals surface area contributed by atoms with Crippen molar-refractivity contribution in [2.75, 3.05) is 14.2 Å². The lowest BCUT2D eigenvalue weighted by Gasteiger charge is -2.09. The van der Waals surface area contributed by atoms with Gasteiger partial charge in [-0.1, -0.05) is 0 Å². The average molecular weight is 401 g/mol. The van der Waals surface area contributed by atoms with Crippen LogP contribution >= 0.6 is 0 Å². The Morgan fingerprint density at radius 3 is 2.80 bits per heavy atom. The number of hydrogen-bond acceptors (Lipinski definition) is 6. The van der Waals surface area contributed by atoms with Crippen molar-refractivity contribution in [1.82, 2.24) is 34.1 Å². The lowest BCUT2D eigenvalue weighted by molar-refractivity contribution is 0.174. The summed E-state index contributed by atoms with van der Waals surface area (Å²) in [6.45, 7) is 0.875. The zero-order chi connectivity index (χ0) is 20.7. The van der Waals surface area contributed by atoms with Crippen molar-refractivity contribution in [3.63, 3.8) is 0 Å². The van der Waals surface area contributed by atoms with Crippen molar-refractivity contribution in [3.05, 3.63) is 59.7 Å². The van der Waals surface area contributed by atoms with E-state index in [1.807, 2.05) is 46.6 Å². The second kappa shape index (κ2) is 7.17. The highest BCUT2D eigenvalue weighted by molar-refractivity contribution is 5.71. The molecular weight excluding hydrogens is 382 g/mol. The number of nitrogens with zero attached hydrogens (tertiary/aromatic N) is 7. The van der Waals surface area contributed by atoms with Gasteiger partial charge in [-0.15, -0.1) is 10.2 Å². The molecule has 0 aliphatic carbocycles. The van der Waals surface area contributed by atoms with Crippen molar-refractivity contribution in [2.45, 2.75) is 13.2 Å². The summed E-state index contributed by atoms with van der Waals surface area (Å²) in [5, 5.41) is 13.1. The highest BCUT2D eigenvalue weighted by Gasteiger charge is 2.26. The lowest BCUT2D eigenvalue weighted by atomic mass is 10.1. The van der Waals surface area contributed by atoms with E-state index in [9.17, 15) is 0 Å². The molecule has 9 heteroatoms. The van der Waals surface area contributed by atoms with Crippen LogP contribution in [0.25, 0.3) is 17.1 Å². The van der Waals surface area contributed by atoms with Crippen molar-refractivity contribution in [1.29, 1.82) is 0 Å². The maximum absolute atomic E-state index is 5.43. The van der Waals surface area contributed by atoms with Crippen molar-refractivity contribution >= 4 is 0 Å². The van der Waals surface area contributed by atoms with Gasteiger partial charge in [-0.3, -0.25) is 9.25 Å². The standard InChI is InChI=1S/C21H19N7O2/c1-26-9-8-14(25-26)4-6-17-19-11-27-20(12-29-2)23-24-21(27)16-10-15(30-3)5-7-18(16)28(19)13-22-17/h5,7-10,13H,11-12H2,1-3H3. The zero-order valence-electron chi connectivity index (χ0n) is 16.8. The van der Waals surface area contributed by atoms with E-state index >= 15 is 0 Å². The molecule has 0 atom stereocenters. The predicted molar refractivity (Wildman–Crippen MR) is 108 cm³/mol. The van der Waals surface area contributed by atoms with Crippen LogP contribution < -0.4 is 4.74 Å². The summed E-state index contributed by atoms with van der Waals surface area (Å²) >= 11 is 0. The van der Waals surface area contributed by atoms with Gasteiger partial charge in [0.05, 0.1) is 25.0 Å². The molecule has 0 unspecified atom stereocenters. The summed E-state index contributed by atoms with van der Waals surface area (Å²) in [7, 11) is 5.15. The highest BCUT2D eigenvalue weighted by Crippen LogP contribution is 2.34. The number of imidazole rings is 1. The van der Waals surface area contributed by atoms with Gasteiger partial charge in [-0.05, 0) is 36.1 Å². The van der Waals surface area contributed by atoms with Gasteiger partial charge in [-0.2, -0.15) is 5.10 Å². The number of rotatable bonds is 3. The first-order valence-corrected chi connectivity index (χ1v) is 9.35. The summed E-state index contributed by atoms with van der Waals surface area (Å²) in [5.41, 5.74) is 4.18. The Morgan fingerprint density at radius 2 is 2.03 bits per heavy atom. The number of hydrogen-bond donors (Lipinski definition) is 0. The largest absolute Gasteiger partial charge is 0.497 e. The van der Waals surface area contributed by atoms with E-state index in [0.717, 1.165) is 34.3 Å². The second-order valence-corrected chi connectivity index (χ2v) is 6.88. The third-order valence-corrected chi connectivity index (χ3v) is 5.00. The molecule has 0 saturated carbocycles. The summed E-state index contributed by atoms with van der Waals surface area (Å²) in [6.07, 6.45) is 3.65. The molecule has 5 rings (SSSR count). The number of aryl methyl sites for hydroxylation is 1. The molecule has 150 valence electrons. The molecule has 1 aromatic carbocycles. The van der Waals surface area contributed by atoms with Gasteiger partial charge in [0.15, 0.2) is 11.6 Å². The Kier molecular flexibility index (Phi) is 4.34. The topological polar surface area (TPSA) is 84.8 Å². The molecule has 1 aliphatic heterocycles. The first-order valence-electron chi connectivity index (χ1n) is 9.35. The van der Waals surface area contributed by atoms with Crippen LogP contribution in [0.15, 0.2) is 36.8 Å². The van der Waals surface area contributed by atoms with Crippen LogP contribution in [0.2, 0.25) is 0 Å². The maximum atomic E-state index is 5.43. The Bertz CT molecular complexity index is 1300. The van der Waals surface area contributed by atoms with Gasteiger partial charge in [0.2, 0.25) is 0 Å². The smallest absolute Gasteiger partial charge is 0.166 e. The molecule has 4 heterocycles. The van der Waals surface area contributed by atoms with Gasteiger partial charge in [0.1, 0.15) is 30.1 Å². The van der Waals surface area contributed by atoms with Gasteiger partial charge < -0.3 is 14.0 Å². The Balaban J connectivity index is 1.69. The van der Waals surface area contributed by atoms with Crippen molar-refractivity contribution < 1.29 is 9.47 Å². The number of fused-ring (bicyclic) bond motifs is 5. The first kappa shape index (κ1) is 18.1. The molecule has 0 bridgehead atoms. The zero-order valence-corrected chi connectivity index (χ0v) is 16.8. The van der Waals surface area contributed by atoms with Crippen molar-refractivity contribution in [2.24, 2.45) is 7.05 Å². The molecule has 3 aromatic heterocycles. The molecule has 0 saturated heterocycles. The molecule has 0 amide bonds. The summed E-state index contributed by atoms with van der Waals surface area (Å²) in [4.78, 5) is 4.57. The summed E-state index contributed by atoms with van der Waals surface area (Å²) < 4.78 is 16.6. The highest BCUT2D eigenvalue weighted by atomic mass is 16.5. The van der Waals surface area contributed by atoms with Gasteiger partial charge >= 0.3 is 0 Å². The first-order chi connectivity index (χ1) is 14.7. The summed E-state index contributed by atoms with van der Waals surface area (Å²) in [5.74, 6) is 8.50. The minimum absolute atomic E-state index is 0.357. The molecule has 0 fully saturated rings. The third-order valence-electron chi connectivity index (χ3n) is 5.00. The van der Waals surface area contributed by atoms with E-state index in [4.69, 9.17) is 9.47 Å². The van der Waals surface area contributed by atoms with Crippen LogP contribution in [0.4, 0.5) is 0 Å². The van der Waals surface area contributed by atoms with E-state index < -0.39 is 0 Å². The van der Waals surface area contributed by atoms with Gasteiger partial charge in [-0.25, -0.2) is 4.98 Å². The number of aromatic nitrogens is 7. The molecule has 1 aliphatic rings. The average Bonchev–Trinajstić information content (AvgIpc) is 3.44. The van der Waals surface area contributed by atoms with Gasteiger partial charge in [0.25, 0.3) is 0 Å². The SMILES string of the molecule is COCc1nnc2n1Cc1c(C#Cc3ccn(C)n3)ncn1-c1ccc(OC)cc1-2. The van der Waals surface area contributed by atoms with Crippen LogP contribution in [-0.4, -0.2) is 48.3 Å². The number of methoxy groups -OCH3 is 2. The molecule has 4 aromatic rings. The molecule has 0 radical (unpaired) electrons. The molecule has 0 spiro atoms. The lowest BCUT2D eigenvalue weighted by Crippen LogP contribution is -2.09. The second-order valence-electron chi connectivity index (χ2n) is 6.88.